The molecule has 6 nitrogen and oxygen atoms in total. The van der Waals surface area contributed by atoms with Crippen molar-refractivity contribution in [2.75, 3.05) is 5.75 Å². The Morgan fingerprint density at radius 3 is 2.79 bits per heavy atom. The summed E-state index contributed by atoms with van der Waals surface area (Å²) >= 11 is 1.24. The molecule has 0 spiro atoms. The number of thioether (sulfide) groups is 1. The van der Waals surface area contributed by atoms with Gasteiger partial charge in [0.05, 0.1) is 18.5 Å². The van der Waals surface area contributed by atoms with Gasteiger partial charge in [0.1, 0.15) is 0 Å². The summed E-state index contributed by atoms with van der Waals surface area (Å²) in [6.07, 6.45) is 5.57. The number of rotatable bonds is 6. The average molecular weight is 280 g/mol. The van der Waals surface area contributed by atoms with Crippen LogP contribution in [-0.4, -0.2) is 36.2 Å². The van der Waals surface area contributed by atoms with E-state index in [2.05, 4.69) is 10.1 Å². The topological polar surface area (TPSA) is 72.9 Å². The maximum Gasteiger partial charge on any atom is 0.313 e. The van der Waals surface area contributed by atoms with Gasteiger partial charge in [0.25, 0.3) is 0 Å². The summed E-state index contributed by atoms with van der Waals surface area (Å²) in [7, 11) is 0. The molecule has 2 aromatic heterocycles. The minimum absolute atomic E-state index is 0.0251. The zero-order valence-electron chi connectivity index (χ0n) is 10.9. The fraction of sp³-hybridized carbons (Fsp3) is 0.417. The van der Waals surface area contributed by atoms with E-state index in [1.54, 1.807) is 6.20 Å². The third-order valence-electron chi connectivity index (χ3n) is 2.66. The lowest BCUT2D eigenvalue weighted by Gasteiger charge is -2.09. The van der Waals surface area contributed by atoms with Gasteiger partial charge in [-0.15, -0.1) is 0 Å². The molecule has 0 saturated carbocycles. The Morgan fingerprint density at radius 2 is 2.16 bits per heavy atom. The first kappa shape index (κ1) is 13.7. The van der Waals surface area contributed by atoms with Crippen LogP contribution in [0.1, 0.15) is 11.3 Å². The van der Waals surface area contributed by atoms with E-state index in [0.29, 0.717) is 0 Å². The van der Waals surface area contributed by atoms with Crippen LogP contribution in [-0.2, 0) is 17.9 Å². The summed E-state index contributed by atoms with van der Waals surface area (Å²) in [4.78, 5) is 14.8. The highest BCUT2D eigenvalue weighted by Crippen LogP contribution is 2.18. The van der Waals surface area contributed by atoms with Gasteiger partial charge >= 0.3 is 5.97 Å². The second-order valence-electron chi connectivity index (χ2n) is 4.30. The molecular formula is C12H16N4O2S. The number of hydrogen-bond acceptors (Lipinski definition) is 4. The number of hydrogen-bond donors (Lipinski definition) is 1. The smallest absolute Gasteiger partial charge is 0.313 e. The molecule has 0 aliphatic carbocycles. The molecule has 19 heavy (non-hydrogen) atoms. The molecule has 0 fully saturated rings. The zero-order chi connectivity index (χ0) is 13.8. The second-order valence-corrected chi connectivity index (χ2v) is 5.24. The van der Waals surface area contributed by atoms with E-state index in [9.17, 15) is 4.79 Å². The highest BCUT2D eigenvalue weighted by Gasteiger charge is 2.09. The largest absolute Gasteiger partial charge is 0.481 e. The second kappa shape index (κ2) is 5.92. The molecule has 2 rings (SSSR count). The van der Waals surface area contributed by atoms with Crippen LogP contribution < -0.4 is 0 Å². The SMILES string of the molecule is Cc1cnn(CCn2c(C)cnc2SCC(=O)O)c1. The van der Waals surface area contributed by atoms with Crippen molar-refractivity contribution < 1.29 is 9.90 Å². The van der Waals surface area contributed by atoms with Gasteiger partial charge in [0.2, 0.25) is 0 Å². The van der Waals surface area contributed by atoms with E-state index in [0.717, 1.165) is 29.5 Å². The number of imidazole rings is 1. The van der Waals surface area contributed by atoms with Gasteiger partial charge in [-0.25, -0.2) is 4.98 Å². The van der Waals surface area contributed by atoms with Crippen molar-refractivity contribution in [2.45, 2.75) is 32.1 Å². The number of nitrogens with zero attached hydrogens (tertiary/aromatic N) is 4. The molecule has 0 amide bonds. The van der Waals surface area contributed by atoms with Crippen molar-refractivity contribution in [3.8, 4) is 0 Å². The average Bonchev–Trinajstić information content (AvgIpc) is 2.91. The Labute approximate surface area is 115 Å². The summed E-state index contributed by atoms with van der Waals surface area (Å²) in [6.45, 7) is 5.44. The number of carboxylic acid groups (broad SMARTS) is 1. The van der Waals surface area contributed by atoms with E-state index in [1.807, 2.05) is 35.5 Å². The van der Waals surface area contributed by atoms with Crippen molar-refractivity contribution in [1.82, 2.24) is 19.3 Å². The number of aryl methyl sites for hydroxylation is 3. The molecule has 0 atom stereocenters. The van der Waals surface area contributed by atoms with E-state index < -0.39 is 5.97 Å². The van der Waals surface area contributed by atoms with Gasteiger partial charge in [-0.1, -0.05) is 11.8 Å². The van der Waals surface area contributed by atoms with E-state index in [1.165, 1.54) is 11.8 Å². The molecule has 102 valence electrons. The Morgan fingerprint density at radius 1 is 1.37 bits per heavy atom. The van der Waals surface area contributed by atoms with Gasteiger partial charge in [0.15, 0.2) is 5.16 Å². The number of aromatic nitrogens is 4. The molecule has 0 aromatic carbocycles. The van der Waals surface area contributed by atoms with Crippen LogP contribution >= 0.6 is 11.8 Å². The zero-order valence-corrected chi connectivity index (χ0v) is 11.7. The fourth-order valence-electron chi connectivity index (χ4n) is 1.74. The predicted octanol–water partition coefficient (Wildman–Crippen LogP) is 1.57. The molecule has 0 saturated heterocycles. The van der Waals surface area contributed by atoms with E-state index >= 15 is 0 Å². The lowest BCUT2D eigenvalue weighted by Crippen LogP contribution is -2.10. The maximum atomic E-state index is 10.6. The molecule has 2 heterocycles. The van der Waals surface area contributed by atoms with Crippen molar-refractivity contribution in [1.29, 1.82) is 0 Å². The lowest BCUT2D eigenvalue weighted by molar-refractivity contribution is -0.133. The molecule has 0 bridgehead atoms. The molecule has 0 unspecified atom stereocenters. The molecule has 0 aliphatic heterocycles. The molecule has 0 radical (unpaired) electrons. The van der Waals surface area contributed by atoms with Crippen LogP contribution in [0.25, 0.3) is 0 Å². The van der Waals surface area contributed by atoms with Crippen molar-refractivity contribution in [3.63, 3.8) is 0 Å². The molecule has 7 heteroatoms. The van der Waals surface area contributed by atoms with E-state index in [4.69, 9.17) is 5.11 Å². The number of aliphatic carboxylic acids is 1. The predicted molar refractivity (Wildman–Crippen MR) is 72.3 cm³/mol. The normalized spacial score (nSPS) is 10.8. The van der Waals surface area contributed by atoms with Crippen LogP contribution in [0.4, 0.5) is 0 Å². The van der Waals surface area contributed by atoms with Gasteiger partial charge < -0.3 is 9.67 Å². The fourth-order valence-corrected chi connectivity index (χ4v) is 2.51. The third-order valence-corrected chi connectivity index (χ3v) is 3.63. The summed E-state index contributed by atoms with van der Waals surface area (Å²) in [5, 5.41) is 13.7. The summed E-state index contributed by atoms with van der Waals surface area (Å²) in [5.41, 5.74) is 2.15. The highest BCUT2D eigenvalue weighted by molar-refractivity contribution is 7.99. The van der Waals surface area contributed by atoms with Crippen LogP contribution in [0.5, 0.6) is 0 Å². The van der Waals surface area contributed by atoms with Crippen molar-refractivity contribution >= 4 is 17.7 Å². The van der Waals surface area contributed by atoms with Crippen LogP contribution in [0.15, 0.2) is 23.7 Å². The standard InChI is InChI=1S/C12H16N4O2S/c1-9-5-14-15(7-9)3-4-16-10(2)6-13-12(16)19-8-11(17)18/h5-7H,3-4,8H2,1-2H3,(H,17,18). The Bertz CT molecular complexity index is 576. The monoisotopic (exact) mass is 280 g/mol. The molecule has 2 aromatic rings. The Hall–Kier alpha value is -1.76. The Balaban J connectivity index is 2.02. The highest BCUT2D eigenvalue weighted by atomic mass is 32.2. The molecule has 0 aliphatic rings. The van der Waals surface area contributed by atoms with Crippen molar-refractivity contribution in [3.05, 3.63) is 29.8 Å². The number of carbonyl (C=O) groups is 1. The van der Waals surface area contributed by atoms with E-state index in [-0.39, 0.29) is 5.75 Å². The third kappa shape index (κ3) is 3.60. The number of carboxylic acids is 1. The first-order valence-corrected chi connectivity index (χ1v) is 6.90. The summed E-state index contributed by atoms with van der Waals surface area (Å²) in [6, 6.07) is 0. The van der Waals surface area contributed by atoms with Crippen LogP contribution in [0.2, 0.25) is 0 Å². The summed E-state index contributed by atoms with van der Waals surface area (Å²) in [5.74, 6) is -0.808. The van der Waals surface area contributed by atoms with Gasteiger partial charge in [-0.05, 0) is 19.4 Å². The maximum absolute atomic E-state index is 10.6. The summed E-state index contributed by atoms with van der Waals surface area (Å²) < 4.78 is 3.89. The van der Waals surface area contributed by atoms with Gasteiger partial charge in [-0.2, -0.15) is 5.10 Å². The van der Waals surface area contributed by atoms with Crippen LogP contribution in [0, 0.1) is 13.8 Å². The molecular weight excluding hydrogens is 264 g/mol. The minimum Gasteiger partial charge on any atom is -0.481 e. The van der Waals surface area contributed by atoms with Gasteiger partial charge in [0, 0.05) is 24.6 Å². The van der Waals surface area contributed by atoms with Crippen LogP contribution in [0.3, 0.4) is 0 Å². The lowest BCUT2D eigenvalue weighted by atomic mass is 10.4. The first-order chi connectivity index (χ1) is 9.06. The van der Waals surface area contributed by atoms with Crippen molar-refractivity contribution in [2.24, 2.45) is 0 Å². The first-order valence-electron chi connectivity index (χ1n) is 5.92. The Kier molecular flexibility index (Phi) is 4.26. The minimum atomic E-state index is -0.833. The van der Waals surface area contributed by atoms with Gasteiger partial charge in [-0.3, -0.25) is 9.48 Å². The quantitative estimate of drug-likeness (QED) is 0.813. The molecule has 1 N–H and O–H groups in total.